The van der Waals surface area contributed by atoms with E-state index < -0.39 is 22.7 Å². The van der Waals surface area contributed by atoms with Crippen molar-refractivity contribution in [3.8, 4) is 5.75 Å². The van der Waals surface area contributed by atoms with Crippen LogP contribution in [0.1, 0.15) is 22.7 Å². The van der Waals surface area contributed by atoms with Crippen molar-refractivity contribution in [3.63, 3.8) is 0 Å². The second-order valence-electron chi connectivity index (χ2n) is 7.83. The van der Waals surface area contributed by atoms with Crippen LogP contribution in [0.25, 0.3) is 5.76 Å². The molecule has 1 amide bonds. The largest absolute Gasteiger partial charge is 0.507 e. The minimum Gasteiger partial charge on any atom is -0.507 e. The van der Waals surface area contributed by atoms with Gasteiger partial charge in [-0.3, -0.25) is 19.7 Å². The van der Waals surface area contributed by atoms with Crippen LogP contribution < -0.4 is 4.74 Å². The van der Waals surface area contributed by atoms with E-state index in [-0.39, 0.29) is 23.6 Å². The molecule has 1 aliphatic heterocycles. The van der Waals surface area contributed by atoms with Crippen LogP contribution in [0.3, 0.4) is 0 Å². The Kier molecular flexibility index (Phi) is 6.59. The molecule has 2 aromatic carbocycles. The van der Waals surface area contributed by atoms with Gasteiger partial charge in [0.05, 0.1) is 23.6 Å². The van der Waals surface area contributed by atoms with Gasteiger partial charge in [0.25, 0.3) is 17.4 Å². The summed E-state index contributed by atoms with van der Waals surface area (Å²) in [5.41, 5.74) is 1.43. The number of likely N-dealkylation sites (tertiary alicyclic amines) is 1. The Balaban J connectivity index is 2.16. The molecule has 0 radical (unpaired) electrons. The Bertz CT molecular complexity index is 1090. The van der Waals surface area contributed by atoms with Crippen LogP contribution in [0.4, 0.5) is 5.69 Å². The van der Waals surface area contributed by atoms with Gasteiger partial charge in [-0.25, -0.2) is 0 Å². The van der Waals surface area contributed by atoms with Crippen LogP contribution >= 0.6 is 0 Å². The third kappa shape index (κ3) is 4.33. The van der Waals surface area contributed by atoms with E-state index in [1.165, 1.54) is 36.3 Å². The number of aliphatic hydroxyl groups is 1. The minimum atomic E-state index is -0.864. The monoisotopic (exact) mass is 439 g/mol. The fourth-order valence-electron chi connectivity index (χ4n) is 3.72. The van der Waals surface area contributed by atoms with E-state index in [1.54, 1.807) is 25.1 Å². The van der Waals surface area contributed by atoms with E-state index in [2.05, 4.69) is 0 Å². The van der Waals surface area contributed by atoms with Crippen LogP contribution in [-0.4, -0.2) is 65.8 Å². The molecular formula is C23H25N3O6. The van der Waals surface area contributed by atoms with Crippen LogP contribution in [0, 0.1) is 17.0 Å². The molecule has 1 aliphatic rings. The van der Waals surface area contributed by atoms with Gasteiger partial charge in [-0.1, -0.05) is 0 Å². The molecule has 1 fully saturated rings. The molecular weight excluding hydrogens is 414 g/mol. The molecule has 0 aliphatic carbocycles. The molecule has 0 spiro atoms. The average molecular weight is 439 g/mol. The average Bonchev–Trinajstić information content (AvgIpc) is 3.01. The van der Waals surface area contributed by atoms with Crippen LogP contribution in [-0.2, 0) is 9.59 Å². The maximum Gasteiger partial charge on any atom is 0.295 e. The Morgan fingerprint density at radius 2 is 1.84 bits per heavy atom. The maximum atomic E-state index is 13.0. The number of ketones is 1. The number of benzene rings is 2. The molecule has 9 nitrogen and oxygen atoms in total. The number of methoxy groups -OCH3 is 1. The minimum absolute atomic E-state index is 0.0455. The summed E-state index contributed by atoms with van der Waals surface area (Å²) in [5, 5.41) is 22.2. The summed E-state index contributed by atoms with van der Waals surface area (Å²) in [5.74, 6) is -1.21. The third-order valence-corrected chi connectivity index (χ3v) is 5.44. The lowest BCUT2D eigenvalue weighted by Crippen LogP contribution is -2.35. The Morgan fingerprint density at radius 3 is 2.38 bits per heavy atom. The molecule has 32 heavy (non-hydrogen) atoms. The summed E-state index contributed by atoms with van der Waals surface area (Å²) in [6.45, 7) is 2.51. The smallest absolute Gasteiger partial charge is 0.295 e. The summed E-state index contributed by atoms with van der Waals surface area (Å²) in [6.07, 6.45) is 0. The van der Waals surface area contributed by atoms with Gasteiger partial charge < -0.3 is 19.6 Å². The van der Waals surface area contributed by atoms with Crippen molar-refractivity contribution in [2.24, 2.45) is 0 Å². The number of aryl methyl sites for hydroxylation is 1. The van der Waals surface area contributed by atoms with Crippen molar-refractivity contribution in [3.05, 3.63) is 74.8 Å². The fraction of sp³-hybridized carbons (Fsp3) is 0.304. The summed E-state index contributed by atoms with van der Waals surface area (Å²) < 4.78 is 5.20. The highest BCUT2D eigenvalue weighted by molar-refractivity contribution is 6.46. The number of hydrogen-bond donors (Lipinski definition) is 1. The van der Waals surface area contributed by atoms with Crippen LogP contribution in [0.5, 0.6) is 5.75 Å². The number of amides is 1. The Labute approximate surface area is 185 Å². The van der Waals surface area contributed by atoms with Crippen molar-refractivity contribution >= 4 is 23.1 Å². The first-order valence-corrected chi connectivity index (χ1v) is 9.98. The number of nitro groups is 1. The second-order valence-corrected chi connectivity index (χ2v) is 7.83. The zero-order valence-electron chi connectivity index (χ0n) is 18.4. The first-order valence-electron chi connectivity index (χ1n) is 9.98. The molecule has 1 N–H and O–H groups in total. The highest BCUT2D eigenvalue weighted by Crippen LogP contribution is 2.40. The van der Waals surface area contributed by atoms with Crippen molar-refractivity contribution in [2.45, 2.75) is 13.0 Å². The Morgan fingerprint density at radius 1 is 1.19 bits per heavy atom. The number of carbonyl (C=O) groups is 2. The number of hydrogen-bond acceptors (Lipinski definition) is 7. The van der Waals surface area contributed by atoms with Gasteiger partial charge >= 0.3 is 0 Å². The zero-order chi connectivity index (χ0) is 23.6. The number of nitrogens with zero attached hydrogens (tertiary/aromatic N) is 3. The first kappa shape index (κ1) is 23.0. The first-order chi connectivity index (χ1) is 15.1. The van der Waals surface area contributed by atoms with Gasteiger partial charge in [-0.2, -0.15) is 0 Å². The van der Waals surface area contributed by atoms with E-state index >= 15 is 0 Å². The van der Waals surface area contributed by atoms with Gasteiger partial charge in [0.15, 0.2) is 0 Å². The molecule has 2 aromatic rings. The van der Waals surface area contributed by atoms with Crippen molar-refractivity contribution in [2.75, 3.05) is 34.3 Å². The molecule has 9 heteroatoms. The number of ether oxygens (including phenoxy) is 1. The highest BCUT2D eigenvalue weighted by Gasteiger charge is 2.46. The number of aliphatic hydroxyl groups excluding tert-OH is 1. The van der Waals surface area contributed by atoms with Crippen LogP contribution in [0.15, 0.2) is 48.0 Å². The predicted octanol–water partition coefficient (Wildman–Crippen LogP) is 2.90. The molecule has 168 valence electrons. The van der Waals surface area contributed by atoms with E-state index in [0.717, 1.165) is 0 Å². The highest BCUT2D eigenvalue weighted by atomic mass is 16.6. The summed E-state index contributed by atoms with van der Waals surface area (Å²) >= 11 is 0. The topological polar surface area (TPSA) is 113 Å². The SMILES string of the molecule is COc1ccc(/C(O)=C2\C(=O)C(=O)N(CCN(C)C)C2c2ccc([N+](=O)[O-])cc2)c(C)c1. The summed E-state index contributed by atoms with van der Waals surface area (Å²) in [6, 6.07) is 9.79. The molecule has 3 rings (SSSR count). The van der Waals surface area contributed by atoms with Crippen molar-refractivity contribution in [1.29, 1.82) is 0 Å². The number of non-ortho nitro benzene ring substituents is 1. The molecule has 0 aromatic heterocycles. The van der Waals surface area contributed by atoms with E-state index in [4.69, 9.17) is 4.74 Å². The fourth-order valence-corrected chi connectivity index (χ4v) is 3.72. The van der Waals surface area contributed by atoms with E-state index in [9.17, 15) is 24.8 Å². The van der Waals surface area contributed by atoms with Gasteiger partial charge in [-0.15, -0.1) is 0 Å². The molecule has 1 saturated heterocycles. The lowest BCUT2D eigenvalue weighted by atomic mass is 9.93. The lowest BCUT2D eigenvalue weighted by molar-refractivity contribution is -0.384. The molecule has 1 heterocycles. The van der Waals surface area contributed by atoms with Gasteiger partial charge in [-0.05, 0) is 62.5 Å². The lowest BCUT2D eigenvalue weighted by Gasteiger charge is -2.26. The van der Waals surface area contributed by atoms with E-state index in [0.29, 0.717) is 29.0 Å². The summed E-state index contributed by atoms with van der Waals surface area (Å²) in [7, 11) is 5.22. The Hall–Kier alpha value is -3.72. The molecule has 0 saturated carbocycles. The quantitative estimate of drug-likeness (QED) is 0.232. The number of carbonyl (C=O) groups excluding carboxylic acids is 2. The van der Waals surface area contributed by atoms with Gasteiger partial charge in [0.2, 0.25) is 0 Å². The number of nitro benzene ring substituents is 1. The van der Waals surface area contributed by atoms with Crippen molar-refractivity contribution in [1.82, 2.24) is 9.80 Å². The van der Waals surface area contributed by atoms with Crippen molar-refractivity contribution < 1.29 is 24.4 Å². The molecule has 1 unspecified atom stereocenters. The molecule has 0 bridgehead atoms. The normalized spacial score (nSPS) is 17.8. The van der Waals surface area contributed by atoms with Crippen LogP contribution in [0.2, 0.25) is 0 Å². The number of rotatable bonds is 7. The number of Topliss-reactive ketones (excluding diaryl/α,β-unsaturated/α-hetero) is 1. The van der Waals surface area contributed by atoms with Gasteiger partial charge in [0.1, 0.15) is 11.5 Å². The van der Waals surface area contributed by atoms with Gasteiger partial charge in [0, 0.05) is 30.8 Å². The predicted molar refractivity (Wildman–Crippen MR) is 118 cm³/mol. The molecule has 1 atom stereocenters. The standard InChI is InChI=1S/C23H25N3O6/c1-14-13-17(32-4)9-10-18(14)21(27)19-20(15-5-7-16(8-6-15)26(30)31)25(12-11-24(2)3)23(29)22(19)28/h5-10,13,20,27H,11-12H2,1-4H3/b21-19+. The second kappa shape index (κ2) is 9.19. The summed E-state index contributed by atoms with van der Waals surface area (Å²) in [4.78, 5) is 39.7. The number of likely N-dealkylation sites (N-methyl/N-ethyl adjacent to an activating group) is 1. The third-order valence-electron chi connectivity index (χ3n) is 5.44. The van der Waals surface area contributed by atoms with E-state index in [1.807, 2.05) is 19.0 Å². The zero-order valence-corrected chi connectivity index (χ0v) is 18.4. The maximum absolute atomic E-state index is 13.0.